The summed E-state index contributed by atoms with van der Waals surface area (Å²) < 4.78 is 38.9. The van der Waals surface area contributed by atoms with E-state index in [4.69, 9.17) is 14.6 Å². The van der Waals surface area contributed by atoms with E-state index in [2.05, 4.69) is 0 Å². The normalized spacial score (nSPS) is 17.2. The number of methoxy groups -OCH3 is 2. The van der Waals surface area contributed by atoms with Gasteiger partial charge in [0.2, 0.25) is 10.0 Å². The van der Waals surface area contributed by atoms with Crippen molar-refractivity contribution in [2.45, 2.75) is 36.6 Å². The van der Waals surface area contributed by atoms with Crippen molar-refractivity contribution >= 4 is 16.0 Å². The zero-order valence-corrected chi connectivity index (χ0v) is 17.3. The van der Waals surface area contributed by atoms with Gasteiger partial charge in [-0.1, -0.05) is 12.1 Å². The number of hydrogen-bond acceptors (Lipinski definition) is 5. The lowest BCUT2D eigenvalue weighted by Crippen LogP contribution is -2.31. The Hall–Kier alpha value is -2.58. The van der Waals surface area contributed by atoms with Gasteiger partial charge in [-0.25, -0.2) is 8.42 Å². The summed E-state index contributed by atoms with van der Waals surface area (Å²) in [4.78, 5) is 10.9. The van der Waals surface area contributed by atoms with Gasteiger partial charge in [0, 0.05) is 18.5 Å². The second-order valence-electron chi connectivity index (χ2n) is 6.92. The highest BCUT2D eigenvalue weighted by Crippen LogP contribution is 2.41. The maximum Gasteiger partial charge on any atom is 0.303 e. The number of aryl methyl sites for hydroxylation is 1. The van der Waals surface area contributed by atoms with Crippen LogP contribution in [0.15, 0.2) is 47.4 Å². The minimum atomic E-state index is -3.71. The number of nitrogens with zero attached hydrogens (tertiary/aromatic N) is 1. The summed E-state index contributed by atoms with van der Waals surface area (Å²) >= 11 is 0. The first kappa shape index (κ1) is 21.1. The van der Waals surface area contributed by atoms with Crippen molar-refractivity contribution in [2.75, 3.05) is 20.8 Å². The lowest BCUT2D eigenvalue weighted by atomic mass is 10.0. The fraction of sp³-hybridized carbons (Fsp3) is 0.381. The number of aliphatic carboxylic acids is 1. The van der Waals surface area contributed by atoms with Gasteiger partial charge in [0.05, 0.1) is 25.2 Å². The van der Waals surface area contributed by atoms with E-state index in [0.717, 1.165) is 17.5 Å². The lowest BCUT2D eigenvalue weighted by molar-refractivity contribution is -0.136. The van der Waals surface area contributed by atoms with Gasteiger partial charge in [-0.15, -0.1) is 0 Å². The molecule has 1 aliphatic rings. The van der Waals surface area contributed by atoms with Crippen molar-refractivity contribution in [1.29, 1.82) is 0 Å². The molecule has 1 aliphatic heterocycles. The number of carboxylic acids is 1. The van der Waals surface area contributed by atoms with Crippen LogP contribution < -0.4 is 9.47 Å². The van der Waals surface area contributed by atoms with E-state index in [1.165, 1.54) is 4.31 Å². The molecular weight excluding hydrogens is 394 g/mol. The molecule has 0 aliphatic carbocycles. The Kier molecular flexibility index (Phi) is 6.44. The molecule has 1 N–H and O–H groups in total. The molecule has 0 unspecified atom stereocenters. The fourth-order valence-corrected chi connectivity index (χ4v) is 5.33. The van der Waals surface area contributed by atoms with Gasteiger partial charge in [0.15, 0.2) is 0 Å². The van der Waals surface area contributed by atoms with Crippen molar-refractivity contribution in [2.24, 2.45) is 0 Å². The van der Waals surface area contributed by atoms with Crippen LogP contribution in [0.4, 0.5) is 0 Å². The van der Waals surface area contributed by atoms with Crippen molar-refractivity contribution in [3.8, 4) is 11.5 Å². The van der Waals surface area contributed by atoms with Gasteiger partial charge < -0.3 is 14.6 Å². The average Bonchev–Trinajstić information content (AvgIpc) is 3.22. The topological polar surface area (TPSA) is 93.1 Å². The van der Waals surface area contributed by atoms with E-state index in [9.17, 15) is 13.2 Å². The van der Waals surface area contributed by atoms with Crippen molar-refractivity contribution in [3.63, 3.8) is 0 Å². The molecule has 1 atom stereocenters. The molecule has 8 heteroatoms. The van der Waals surface area contributed by atoms with E-state index in [1.807, 2.05) is 6.07 Å². The van der Waals surface area contributed by atoms with Gasteiger partial charge >= 0.3 is 5.97 Å². The molecule has 0 amide bonds. The van der Waals surface area contributed by atoms with Crippen LogP contribution in [0, 0.1) is 0 Å². The first-order valence-electron chi connectivity index (χ1n) is 9.41. The van der Waals surface area contributed by atoms with Crippen LogP contribution in [0.1, 0.15) is 36.4 Å². The monoisotopic (exact) mass is 419 g/mol. The second-order valence-corrected chi connectivity index (χ2v) is 8.81. The van der Waals surface area contributed by atoms with Crippen LogP contribution in [0.3, 0.4) is 0 Å². The lowest BCUT2D eigenvalue weighted by Gasteiger charge is -2.26. The summed E-state index contributed by atoms with van der Waals surface area (Å²) in [5.41, 5.74) is 1.57. The minimum absolute atomic E-state index is 0.00985. The van der Waals surface area contributed by atoms with Gasteiger partial charge in [-0.05, 0) is 55.2 Å². The van der Waals surface area contributed by atoms with Gasteiger partial charge in [0.25, 0.3) is 0 Å². The van der Waals surface area contributed by atoms with Gasteiger partial charge in [-0.3, -0.25) is 4.79 Å². The molecule has 1 saturated heterocycles. The summed E-state index contributed by atoms with van der Waals surface area (Å²) in [5.74, 6) is 0.392. The van der Waals surface area contributed by atoms with Crippen LogP contribution >= 0.6 is 0 Å². The molecule has 0 radical (unpaired) electrons. The summed E-state index contributed by atoms with van der Waals surface area (Å²) in [6.45, 7) is 0.425. The van der Waals surface area contributed by atoms with Crippen LogP contribution in [0.5, 0.6) is 11.5 Å². The number of carbonyl (C=O) groups is 1. The van der Waals surface area contributed by atoms with Crippen molar-refractivity contribution in [1.82, 2.24) is 4.31 Å². The van der Waals surface area contributed by atoms with Crippen LogP contribution in [-0.4, -0.2) is 44.6 Å². The van der Waals surface area contributed by atoms with E-state index in [-0.39, 0.29) is 17.4 Å². The third-order valence-corrected chi connectivity index (χ3v) is 7.08. The molecule has 2 aromatic rings. The van der Waals surface area contributed by atoms with Gasteiger partial charge in [0.1, 0.15) is 11.5 Å². The Bertz CT molecular complexity index is 971. The van der Waals surface area contributed by atoms with E-state index >= 15 is 0 Å². The van der Waals surface area contributed by atoms with E-state index in [0.29, 0.717) is 30.9 Å². The Morgan fingerprint density at radius 3 is 2.48 bits per heavy atom. The van der Waals surface area contributed by atoms with Crippen LogP contribution in [0.2, 0.25) is 0 Å². The highest BCUT2D eigenvalue weighted by molar-refractivity contribution is 7.89. The Balaban J connectivity index is 1.89. The number of sulfonamides is 1. The Labute approximate surface area is 170 Å². The third-order valence-electron chi connectivity index (χ3n) is 5.16. The predicted molar refractivity (Wildman–Crippen MR) is 108 cm³/mol. The molecule has 0 bridgehead atoms. The largest absolute Gasteiger partial charge is 0.497 e. The SMILES string of the molecule is COc1ccc(OC)c([C@@H]2CCCN2S(=O)(=O)c2ccc(CCC(=O)O)cc2)c1. The second kappa shape index (κ2) is 8.84. The molecular formula is C21H25NO6S. The van der Waals surface area contributed by atoms with Crippen molar-refractivity contribution in [3.05, 3.63) is 53.6 Å². The predicted octanol–water partition coefficient (Wildman–Crippen LogP) is 3.25. The summed E-state index contributed by atoms with van der Waals surface area (Å²) in [6.07, 6.45) is 1.82. The van der Waals surface area contributed by atoms with E-state index < -0.39 is 16.0 Å². The number of hydrogen-bond donors (Lipinski definition) is 1. The van der Waals surface area contributed by atoms with Crippen molar-refractivity contribution < 1.29 is 27.8 Å². The molecule has 2 aromatic carbocycles. The molecule has 1 heterocycles. The molecule has 7 nitrogen and oxygen atoms in total. The number of benzene rings is 2. The third kappa shape index (κ3) is 4.54. The number of ether oxygens (including phenoxy) is 2. The molecule has 3 rings (SSSR count). The van der Waals surface area contributed by atoms with E-state index in [1.54, 1.807) is 50.6 Å². The molecule has 156 valence electrons. The van der Waals surface area contributed by atoms with Gasteiger partial charge in [-0.2, -0.15) is 4.31 Å². The zero-order chi connectivity index (χ0) is 21.0. The summed E-state index contributed by atoms with van der Waals surface area (Å²) in [7, 11) is -0.573. The average molecular weight is 419 g/mol. The molecule has 29 heavy (non-hydrogen) atoms. The standard InChI is InChI=1S/C21H25NO6S/c1-27-16-8-11-20(28-2)18(14-16)19-4-3-13-22(19)29(25,26)17-9-5-15(6-10-17)7-12-21(23)24/h5-6,8-11,14,19H,3-4,7,12-13H2,1-2H3,(H,23,24)/t19-/m0/s1. The number of carboxylic acid groups (broad SMARTS) is 1. The maximum absolute atomic E-state index is 13.3. The zero-order valence-electron chi connectivity index (χ0n) is 16.5. The fourth-order valence-electron chi connectivity index (χ4n) is 3.65. The first-order valence-corrected chi connectivity index (χ1v) is 10.9. The number of rotatable bonds is 8. The quantitative estimate of drug-likeness (QED) is 0.706. The smallest absolute Gasteiger partial charge is 0.303 e. The maximum atomic E-state index is 13.3. The highest BCUT2D eigenvalue weighted by atomic mass is 32.2. The Morgan fingerprint density at radius 1 is 1.14 bits per heavy atom. The summed E-state index contributed by atoms with van der Waals surface area (Å²) in [5, 5.41) is 8.80. The summed E-state index contributed by atoms with van der Waals surface area (Å²) in [6, 6.07) is 11.5. The Morgan fingerprint density at radius 2 is 1.86 bits per heavy atom. The molecule has 0 spiro atoms. The highest BCUT2D eigenvalue weighted by Gasteiger charge is 2.37. The molecule has 0 saturated carbocycles. The van der Waals surface area contributed by atoms with Crippen LogP contribution in [-0.2, 0) is 21.2 Å². The molecule has 1 fully saturated rings. The minimum Gasteiger partial charge on any atom is -0.497 e. The molecule has 0 aromatic heterocycles. The first-order chi connectivity index (χ1) is 13.9. The van der Waals surface area contributed by atoms with Crippen LogP contribution in [0.25, 0.3) is 0 Å².